The lowest BCUT2D eigenvalue weighted by Crippen LogP contribution is -2.27. The predicted octanol–water partition coefficient (Wildman–Crippen LogP) is 2.63. The zero-order valence-corrected chi connectivity index (χ0v) is 17.5. The molecular weight excluding hydrogens is 377 g/mol. The molecule has 0 aliphatic heterocycles. The van der Waals surface area contributed by atoms with Gasteiger partial charge in [0.25, 0.3) is 0 Å². The topological polar surface area (TPSA) is 0 Å². The van der Waals surface area contributed by atoms with E-state index < -0.39 is 0 Å². The van der Waals surface area contributed by atoms with Crippen molar-refractivity contribution in [2.24, 2.45) is 0 Å². The number of halogens is 1. The first-order valence-electron chi connectivity index (χ1n) is 7.94. The highest BCUT2D eigenvalue weighted by Gasteiger charge is 2.20. The molecular formula is C19H25B2I. The fourth-order valence-corrected chi connectivity index (χ4v) is 4.52. The van der Waals surface area contributed by atoms with E-state index in [0.29, 0.717) is 0 Å². The molecule has 2 aromatic carbocycles. The van der Waals surface area contributed by atoms with Gasteiger partial charge in [-0.25, -0.2) is 0 Å². The van der Waals surface area contributed by atoms with Crippen molar-refractivity contribution in [3.05, 3.63) is 42.5 Å². The summed E-state index contributed by atoms with van der Waals surface area (Å²) < 4.78 is 1.41. The average Bonchev–Trinajstić information content (AvgIpc) is 2.50. The van der Waals surface area contributed by atoms with Crippen molar-refractivity contribution in [1.29, 1.82) is 0 Å². The van der Waals surface area contributed by atoms with Gasteiger partial charge in [0.2, 0.25) is 0 Å². The first-order chi connectivity index (χ1) is 10.1. The third-order valence-corrected chi connectivity index (χ3v) is 7.21. The van der Waals surface area contributed by atoms with Crippen molar-refractivity contribution in [2.75, 3.05) is 0 Å². The van der Waals surface area contributed by atoms with Crippen LogP contribution in [0.15, 0.2) is 0 Å². The molecule has 0 saturated heterocycles. The largest absolute Gasteiger partial charge is 0.140 e. The maximum Gasteiger partial charge on any atom is 0.140 e. The molecule has 0 radical (unpaired) electrons. The fourth-order valence-electron chi connectivity index (χ4n) is 3.44. The van der Waals surface area contributed by atoms with E-state index in [4.69, 9.17) is 0 Å². The normalized spacial score (nSPS) is 11.1. The summed E-state index contributed by atoms with van der Waals surface area (Å²) in [5.41, 5.74) is 15.8. The lowest BCUT2D eigenvalue weighted by molar-refractivity contribution is 1.20. The highest BCUT2D eigenvalue weighted by Crippen LogP contribution is 2.34. The molecule has 2 rings (SSSR count). The number of hydrogen-bond donors (Lipinski definition) is 0. The summed E-state index contributed by atoms with van der Waals surface area (Å²) in [6, 6.07) is 0. The van der Waals surface area contributed by atoms with Crippen molar-refractivity contribution in [2.45, 2.75) is 48.5 Å². The third kappa shape index (κ3) is 2.46. The molecule has 0 aromatic heterocycles. The van der Waals surface area contributed by atoms with Crippen LogP contribution in [0.25, 0.3) is 11.1 Å². The molecule has 0 fully saturated rings. The van der Waals surface area contributed by atoms with Crippen molar-refractivity contribution in [3.63, 3.8) is 0 Å². The predicted molar refractivity (Wildman–Crippen MR) is 114 cm³/mol. The van der Waals surface area contributed by atoms with Crippen LogP contribution in [0.1, 0.15) is 38.9 Å². The molecule has 0 spiro atoms. The van der Waals surface area contributed by atoms with Gasteiger partial charge < -0.3 is 0 Å². The second-order valence-electron chi connectivity index (χ2n) is 6.69. The van der Waals surface area contributed by atoms with Crippen LogP contribution in [0.2, 0.25) is 0 Å². The molecule has 2 aromatic rings. The van der Waals surface area contributed by atoms with Crippen LogP contribution < -0.4 is 10.9 Å². The van der Waals surface area contributed by atoms with Gasteiger partial charge in [-0.3, -0.25) is 0 Å². The maximum absolute atomic E-state index is 2.54. The van der Waals surface area contributed by atoms with Crippen molar-refractivity contribution in [1.82, 2.24) is 0 Å². The van der Waals surface area contributed by atoms with E-state index in [9.17, 15) is 0 Å². The molecule has 0 unspecified atom stereocenters. The summed E-state index contributed by atoms with van der Waals surface area (Å²) in [6.45, 7) is 15.8. The van der Waals surface area contributed by atoms with E-state index in [1.165, 1.54) is 64.6 Å². The van der Waals surface area contributed by atoms with Crippen molar-refractivity contribution >= 4 is 49.2 Å². The summed E-state index contributed by atoms with van der Waals surface area (Å²) in [6.07, 6.45) is 0. The molecule has 0 bridgehead atoms. The summed E-state index contributed by atoms with van der Waals surface area (Å²) in [5, 5.41) is 0. The molecule has 22 heavy (non-hydrogen) atoms. The third-order valence-electron chi connectivity index (χ3n) is 5.86. The molecule has 0 aliphatic carbocycles. The first kappa shape index (κ1) is 17.7. The van der Waals surface area contributed by atoms with Crippen LogP contribution in [-0.2, 0) is 0 Å². The summed E-state index contributed by atoms with van der Waals surface area (Å²) in [7, 11) is 4.56. The van der Waals surface area contributed by atoms with E-state index in [1.807, 2.05) is 0 Å². The Hall–Kier alpha value is -0.700. The van der Waals surface area contributed by atoms with Gasteiger partial charge in [-0.15, -0.1) is 0 Å². The molecule has 0 nitrogen and oxygen atoms in total. The molecule has 0 atom stereocenters. The van der Waals surface area contributed by atoms with Crippen LogP contribution >= 0.6 is 22.6 Å². The SMILES string of the molecule is Bc1c(C)c(C)c(C)c(B)c1-c1c(C)c(C)c(C)c(C)c1I. The van der Waals surface area contributed by atoms with Gasteiger partial charge in [-0.1, -0.05) is 22.1 Å². The lowest BCUT2D eigenvalue weighted by Gasteiger charge is -2.24. The van der Waals surface area contributed by atoms with E-state index in [0.717, 1.165) is 0 Å². The zero-order chi connectivity index (χ0) is 16.9. The van der Waals surface area contributed by atoms with E-state index in [2.05, 4.69) is 86.7 Å². The second-order valence-corrected chi connectivity index (χ2v) is 7.77. The Morgan fingerprint density at radius 3 is 1.32 bits per heavy atom. The average molecular weight is 402 g/mol. The van der Waals surface area contributed by atoms with E-state index in [-0.39, 0.29) is 0 Å². The van der Waals surface area contributed by atoms with Gasteiger partial charge in [0, 0.05) is 3.57 Å². The van der Waals surface area contributed by atoms with Gasteiger partial charge >= 0.3 is 0 Å². The quantitative estimate of drug-likeness (QED) is 0.509. The number of hydrogen-bond acceptors (Lipinski definition) is 0. The standard InChI is InChI=1S/C19H25B2I/c1-8-9(2)14(7)19(22)15(11(8)4)16-17(20)12(5)10(3)13(6)18(16)21/h20-21H2,1-7H3. The zero-order valence-electron chi connectivity index (χ0n) is 15.4. The molecule has 0 heterocycles. The summed E-state index contributed by atoms with van der Waals surface area (Å²) in [4.78, 5) is 0. The highest BCUT2D eigenvalue weighted by atomic mass is 127. The van der Waals surface area contributed by atoms with Crippen molar-refractivity contribution in [3.8, 4) is 11.1 Å². The Morgan fingerprint density at radius 1 is 0.500 bits per heavy atom. The summed E-state index contributed by atoms with van der Waals surface area (Å²) >= 11 is 2.54. The van der Waals surface area contributed by atoms with Crippen LogP contribution in [0.4, 0.5) is 0 Å². The molecule has 0 aliphatic rings. The van der Waals surface area contributed by atoms with Gasteiger partial charge in [-0.2, -0.15) is 0 Å². The fraction of sp³-hybridized carbons (Fsp3) is 0.368. The van der Waals surface area contributed by atoms with Gasteiger partial charge in [-0.05, 0) is 110 Å². The Morgan fingerprint density at radius 2 is 0.864 bits per heavy atom. The smallest absolute Gasteiger partial charge is 0.0787 e. The van der Waals surface area contributed by atoms with Gasteiger partial charge in [0.05, 0.1) is 0 Å². The number of benzene rings is 2. The minimum Gasteiger partial charge on any atom is -0.0787 e. The van der Waals surface area contributed by atoms with Crippen molar-refractivity contribution < 1.29 is 0 Å². The summed E-state index contributed by atoms with van der Waals surface area (Å²) in [5.74, 6) is 0. The number of rotatable bonds is 1. The van der Waals surface area contributed by atoms with Crippen LogP contribution in [0.3, 0.4) is 0 Å². The minimum absolute atomic E-state index is 1.41. The molecule has 0 amide bonds. The maximum atomic E-state index is 2.54. The first-order valence-corrected chi connectivity index (χ1v) is 9.02. The molecule has 114 valence electrons. The Kier molecular flexibility index (Phi) is 4.87. The molecule has 0 N–H and O–H groups in total. The Balaban J connectivity index is 3.03. The Labute approximate surface area is 151 Å². The monoisotopic (exact) mass is 402 g/mol. The minimum atomic E-state index is 1.41. The van der Waals surface area contributed by atoms with E-state index >= 15 is 0 Å². The molecule has 0 saturated carbocycles. The van der Waals surface area contributed by atoms with Gasteiger partial charge in [0.1, 0.15) is 15.7 Å². The lowest BCUT2D eigenvalue weighted by atomic mass is 9.70. The van der Waals surface area contributed by atoms with Crippen LogP contribution in [0.5, 0.6) is 0 Å². The van der Waals surface area contributed by atoms with Crippen LogP contribution in [-0.4, -0.2) is 15.7 Å². The Bertz CT molecular complexity index is 663. The van der Waals surface area contributed by atoms with E-state index in [1.54, 1.807) is 0 Å². The molecule has 3 heteroatoms. The van der Waals surface area contributed by atoms with Gasteiger partial charge in [0.15, 0.2) is 0 Å². The van der Waals surface area contributed by atoms with Crippen LogP contribution in [0, 0.1) is 52.0 Å². The highest BCUT2D eigenvalue weighted by molar-refractivity contribution is 14.1. The second kappa shape index (κ2) is 6.07.